The summed E-state index contributed by atoms with van der Waals surface area (Å²) in [7, 11) is -3.64. The van der Waals surface area contributed by atoms with E-state index < -0.39 is 21.5 Å². The summed E-state index contributed by atoms with van der Waals surface area (Å²) >= 11 is 0. The van der Waals surface area contributed by atoms with Crippen LogP contribution in [-0.4, -0.2) is 40.3 Å². The highest BCUT2D eigenvalue weighted by Crippen LogP contribution is 2.34. The molecule has 1 aliphatic rings. The Morgan fingerprint density at radius 3 is 2.65 bits per heavy atom. The molecule has 9 heteroatoms. The SMILES string of the molecule is Cc1ccc(NC(=O)CS(=O)(=O)Cc2nnnn2C2CC2)cc1. The van der Waals surface area contributed by atoms with Gasteiger partial charge in [0.15, 0.2) is 15.7 Å². The number of carbonyl (C=O) groups excluding carboxylic acids is 1. The van der Waals surface area contributed by atoms with Crippen molar-refractivity contribution in [1.29, 1.82) is 0 Å². The van der Waals surface area contributed by atoms with E-state index in [2.05, 4.69) is 20.8 Å². The zero-order valence-corrected chi connectivity index (χ0v) is 13.5. The topological polar surface area (TPSA) is 107 Å². The number of nitrogens with zero attached hydrogens (tertiary/aromatic N) is 4. The van der Waals surface area contributed by atoms with Crippen LogP contribution in [-0.2, 0) is 20.4 Å². The molecule has 0 spiro atoms. The van der Waals surface area contributed by atoms with Gasteiger partial charge in [0.25, 0.3) is 0 Å². The standard InChI is InChI=1S/C14H17N5O3S/c1-10-2-4-11(5-3-10)15-14(20)9-23(21,22)8-13-16-17-18-19(13)12-6-7-12/h2-5,12H,6-9H2,1H3,(H,15,20). The highest BCUT2D eigenvalue weighted by Gasteiger charge is 2.30. The number of benzene rings is 1. The quantitative estimate of drug-likeness (QED) is 0.839. The number of aryl methyl sites for hydroxylation is 1. The second kappa shape index (κ2) is 6.07. The molecule has 23 heavy (non-hydrogen) atoms. The number of aromatic nitrogens is 4. The molecule has 1 aromatic heterocycles. The summed E-state index contributed by atoms with van der Waals surface area (Å²) in [6, 6.07) is 7.33. The molecule has 1 amide bonds. The predicted octanol–water partition coefficient (Wildman–Crippen LogP) is 0.870. The van der Waals surface area contributed by atoms with Crippen molar-refractivity contribution in [1.82, 2.24) is 20.2 Å². The van der Waals surface area contributed by atoms with Crippen molar-refractivity contribution in [2.75, 3.05) is 11.1 Å². The normalized spacial score (nSPS) is 14.7. The fourth-order valence-electron chi connectivity index (χ4n) is 2.19. The molecular formula is C14H17N5O3S. The number of nitrogens with one attached hydrogen (secondary N) is 1. The van der Waals surface area contributed by atoms with Gasteiger partial charge in [-0.25, -0.2) is 13.1 Å². The van der Waals surface area contributed by atoms with Gasteiger partial charge in [-0.05, 0) is 42.3 Å². The number of amides is 1. The van der Waals surface area contributed by atoms with E-state index in [0.29, 0.717) is 5.69 Å². The second-order valence-corrected chi connectivity index (χ2v) is 7.78. The van der Waals surface area contributed by atoms with Gasteiger partial charge in [-0.3, -0.25) is 4.79 Å². The molecule has 0 atom stereocenters. The van der Waals surface area contributed by atoms with Crippen LogP contribution in [0.2, 0.25) is 0 Å². The van der Waals surface area contributed by atoms with Gasteiger partial charge in [0.2, 0.25) is 5.91 Å². The molecule has 1 aliphatic carbocycles. The zero-order valence-electron chi connectivity index (χ0n) is 12.6. The van der Waals surface area contributed by atoms with Crippen LogP contribution in [0.15, 0.2) is 24.3 Å². The van der Waals surface area contributed by atoms with E-state index in [9.17, 15) is 13.2 Å². The number of rotatable bonds is 6. The smallest absolute Gasteiger partial charge is 0.239 e. The third kappa shape index (κ3) is 4.13. The molecule has 0 saturated heterocycles. The minimum Gasteiger partial charge on any atom is -0.325 e. The average molecular weight is 335 g/mol. The number of hydrogen-bond acceptors (Lipinski definition) is 6. The maximum absolute atomic E-state index is 12.2. The van der Waals surface area contributed by atoms with E-state index in [1.807, 2.05) is 19.1 Å². The van der Waals surface area contributed by atoms with E-state index in [0.717, 1.165) is 18.4 Å². The van der Waals surface area contributed by atoms with Crippen molar-refractivity contribution in [3.05, 3.63) is 35.7 Å². The predicted molar refractivity (Wildman–Crippen MR) is 83.4 cm³/mol. The molecule has 0 aliphatic heterocycles. The van der Waals surface area contributed by atoms with Gasteiger partial charge in [0.05, 0.1) is 6.04 Å². The van der Waals surface area contributed by atoms with Gasteiger partial charge in [-0.15, -0.1) is 5.10 Å². The van der Waals surface area contributed by atoms with Crippen LogP contribution in [0.5, 0.6) is 0 Å². The highest BCUT2D eigenvalue weighted by molar-refractivity contribution is 7.91. The van der Waals surface area contributed by atoms with Gasteiger partial charge in [0.1, 0.15) is 11.5 Å². The van der Waals surface area contributed by atoms with Crippen molar-refractivity contribution < 1.29 is 13.2 Å². The fraction of sp³-hybridized carbons (Fsp3) is 0.429. The Kier molecular flexibility index (Phi) is 4.12. The van der Waals surface area contributed by atoms with Gasteiger partial charge >= 0.3 is 0 Å². The van der Waals surface area contributed by atoms with E-state index >= 15 is 0 Å². The molecule has 1 heterocycles. The van der Waals surface area contributed by atoms with Gasteiger partial charge < -0.3 is 5.32 Å². The van der Waals surface area contributed by atoms with Crippen molar-refractivity contribution in [2.24, 2.45) is 0 Å². The van der Waals surface area contributed by atoms with Crippen LogP contribution in [0.25, 0.3) is 0 Å². The number of tetrazole rings is 1. The first-order valence-corrected chi connectivity index (χ1v) is 9.09. The van der Waals surface area contributed by atoms with Crippen LogP contribution in [0.3, 0.4) is 0 Å². The zero-order chi connectivity index (χ0) is 16.4. The summed E-state index contributed by atoms with van der Waals surface area (Å²) in [5.74, 6) is -1.22. The first-order valence-electron chi connectivity index (χ1n) is 7.27. The van der Waals surface area contributed by atoms with E-state index in [1.54, 1.807) is 12.1 Å². The van der Waals surface area contributed by atoms with Crippen LogP contribution >= 0.6 is 0 Å². The Morgan fingerprint density at radius 1 is 1.30 bits per heavy atom. The fourth-order valence-corrected chi connectivity index (χ4v) is 3.35. The molecule has 1 saturated carbocycles. The Hall–Kier alpha value is -2.29. The van der Waals surface area contributed by atoms with Crippen LogP contribution < -0.4 is 5.32 Å². The Morgan fingerprint density at radius 2 is 2.00 bits per heavy atom. The minimum absolute atomic E-state index is 0.191. The number of carbonyl (C=O) groups is 1. The molecule has 8 nitrogen and oxygen atoms in total. The van der Waals surface area contributed by atoms with Crippen molar-refractivity contribution in [3.8, 4) is 0 Å². The Balaban J connectivity index is 1.62. The van der Waals surface area contributed by atoms with Crippen LogP contribution in [0.1, 0.15) is 30.3 Å². The third-order valence-corrected chi connectivity index (χ3v) is 4.89. The van der Waals surface area contributed by atoms with Gasteiger partial charge in [-0.1, -0.05) is 17.7 Å². The molecule has 122 valence electrons. The highest BCUT2D eigenvalue weighted by atomic mass is 32.2. The number of hydrogen-bond donors (Lipinski definition) is 1. The van der Waals surface area contributed by atoms with Crippen LogP contribution in [0.4, 0.5) is 5.69 Å². The lowest BCUT2D eigenvalue weighted by molar-refractivity contribution is -0.113. The monoisotopic (exact) mass is 335 g/mol. The molecule has 3 rings (SSSR count). The van der Waals surface area contributed by atoms with Crippen molar-refractivity contribution in [3.63, 3.8) is 0 Å². The maximum Gasteiger partial charge on any atom is 0.239 e. The molecule has 0 bridgehead atoms. The first kappa shape index (κ1) is 15.6. The molecule has 1 fully saturated rings. The molecule has 1 N–H and O–H groups in total. The minimum atomic E-state index is -3.64. The van der Waals surface area contributed by atoms with E-state index in [4.69, 9.17) is 0 Å². The van der Waals surface area contributed by atoms with E-state index in [1.165, 1.54) is 4.68 Å². The number of sulfone groups is 1. The molecule has 0 unspecified atom stereocenters. The Bertz CT molecular complexity index is 809. The Labute approximate surface area is 133 Å². The lowest BCUT2D eigenvalue weighted by atomic mass is 10.2. The average Bonchev–Trinajstić information content (AvgIpc) is 3.21. The first-order chi connectivity index (χ1) is 10.9. The molecule has 1 aromatic carbocycles. The van der Waals surface area contributed by atoms with Crippen molar-refractivity contribution >= 4 is 21.4 Å². The third-order valence-electron chi connectivity index (χ3n) is 3.49. The summed E-state index contributed by atoms with van der Waals surface area (Å²) in [4.78, 5) is 11.9. The van der Waals surface area contributed by atoms with Gasteiger partial charge in [0, 0.05) is 5.69 Å². The molecule has 2 aromatic rings. The summed E-state index contributed by atoms with van der Waals surface area (Å²) in [5, 5.41) is 13.7. The largest absolute Gasteiger partial charge is 0.325 e. The van der Waals surface area contributed by atoms with Crippen LogP contribution in [0, 0.1) is 6.92 Å². The lowest BCUT2D eigenvalue weighted by Gasteiger charge is -2.07. The summed E-state index contributed by atoms with van der Waals surface area (Å²) in [5.41, 5.74) is 1.63. The van der Waals surface area contributed by atoms with E-state index in [-0.39, 0.29) is 17.6 Å². The second-order valence-electron chi connectivity index (χ2n) is 5.72. The lowest BCUT2D eigenvalue weighted by Crippen LogP contribution is -2.25. The summed E-state index contributed by atoms with van der Waals surface area (Å²) in [6.07, 6.45) is 1.90. The maximum atomic E-state index is 12.2. The van der Waals surface area contributed by atoms with Gasteiger partial charge in [-0.2, -0.15) is 0 Å². The van der Waals surface area contributed by atoms with Crippen molar-refractivity contribution in [2.45, 2.75) is 31.6 Å². The number of anilines is 1. The summed E-state index contributed by atoms with van der Waals surface area (Å²) in [6.45, 7) is 1.93. The molecule has 0 radical (unpaired) electrons. The molecular weight excluding hydrogens is 318 g/mol. The summed E-state index contributed by atoms with van der Waals surface area (Å²) < 4.78 is 25.9.